The number of nitrogens with zero attached hydrogens (tertiary/aromatic N) is 3. The third-order valence-corrected chi connectivity index (χ3v) is 2.11. The van der Waals surface area contributed by atoms with Gasteiger partial charge in [-0.2, -0.15) is 15.8 Å². The summed E-state index contributed by atoms with van der Waals surface area (Å²) in [5.74, 6) is -0.319. The van der Waals surface area contributed by atoms with Crippen LogP contribution >= 0.6 is 0 Å². The van der Waals surface area contributed by atoms with E-state index in [4.69, 9.17) is 20.5 Å². The fourth-order valence-corrected chi connectivity index (χ4v) is 1.25. The molecule has 0 atom stereocenters. The average molecular weight is 249 g/mol. The van der Waals surface area contributed by atoms with Crippen molar-refractivity contribution in [2.24, 2.45) is 0 Å². The molecule has 1 aromatic carbocycles. The van der Waals surface area contributed by atoms with Crippen LogP contribution in [0.15, 0.2) is 42.5 Å². The van der Waals surface area contributed by atoms with Gasteiger partial charge in [-0.05, 0) is 29.8 Å². The van der Waals surface area contributed by atoms with Gasteiger partial charge in [-0.1, -0.05) is 6.58 Å². The highest BCUT2D eigenvalue weighted by atomic mass is 16.5. The normalized spacial score (nSPS) is 8.26. The van der Waals surface area contributed by atoms with Crippen LogP contribution in [0.3, 0.4) is 0 Å². The Morgan fingerprint density at radius 3 is 2.11 bits per heavy atom. The Morgan fingerprint density at radius 2 is 1.68 bits per heavy atom. The summed E-state index contributed by atoms with van der Waals surface area (Å²) in [5.41, 5.74) is 0.115. The highest BCUT2D eigenvalue weighted by molar-refractivity contribution is 5.85. The van der Waals surface area contributed by atoms with E-state index in [1.54, 1.807) is 18.2 Å². The van der Waals surface area contributed by atoms with Gasteiger partial charge < -0.3 is 4.74 Å². The predicted octanol–water partition coefficient (Wildman–Crippen LogP) is 2.10. The highest BCUT2D eigenvalue weighted by Crippen LogP contribution is 2.21. The highest BCUT2D eigenvalue weighted by Gasteiger charge is 2.09. The van der Waals surface area contributed by atoms with Gasteiger partial charge in [-0.15, -0.1) is 0 Å². The maximum absolute atomic E-state index is 11.0. The second-order valence-corrected chi connectivity index (χ2v) is 3.24. The van der Waals surface area contributed by atoms with E-state index < -0.39 is 5.97 Å². The Hall–Kier alpha value is -3.36. The molecule has 0 N–H and O–H groups in total. The molecule has 0 saturated carbocycles. The molecule has 0 radical (unpaired) electrons. The summed E-state index contributed by atoms with van der Waals surface area (Å²) in [6.45, 7) is 3.26. The lowest BCUT2D eigenvalue weighted by molar-refractivity contribution is -0.128. The van der Waals surface area contributed by atoms with Crippen molar-refractivity contribution in [2.75, 3.05) is 0 Å². The number of rotatable bonds is 3. The average Bonchev–Trinajstić information content (AvgIpc) is 2.45. The van der Waals surface area contributed by atoms with Gasteiger partial charge >= 0.3 is 5.97 Å². The fraction of sp³-hybridized carbons (Fsp3) is 0. The van der Waals surface area contributed by atoms with Crippen LogP contribution in [0.25, 0.3) is 5.57 Å². The molecule has 0 unspecified atom stereocenters. The maximum atomic E-state index is 11.0. The van der Waals surface area contributed by atoms with E-state index in [0.29, 0.717) is 5.56 Å². The van der Waals surface area contributed by atoms with Crippen molar-refractivity contribution in [1.29, 1.82) is 15.8 Å². The maximum Gasteiger partial charge on any atom is 0.335 e. The molecule has 19 heavy (non-hydrogen) atoms. The van der Waals surface area contributed by atoms with Crippen molar-refractivity contribution in [1.82, 2.24) is 0 Å². The summed E-state index contributed by atoms with van der Waals surface area (Å²) in [6, 6.07) is 11.0. The van der Waals surface area contributed by atoms with Gasteiger partial charge in [0.2, 0.25) is 0 Å². The van der Waals surface area contributed by atoms with Crippen LogP contribution < -0.4 is 4.74 Å². The molecule has 0 amide bonds. The number of hydrogen-bond donors (Lipinski definition) is 0. The molecule has 0 fully saturated rings. The molecule has 5 nitrogen and oxygen atoms in total. The van der Waals surface area contributed by atoms with E-state index in [1.165, 1.54) is 24.3 Å². The van der Waals surface area contributed by atoms with Gasteiger partial charge in [0.15, 0.2) is 0 Å². The zero-order valence-electron chi connectivity index (χ0n) is 9.75. The minimum absolute atomic E-state index is 0.0217. The summed E-state index contributed by atoms with van der Waals surface area (Å²) in [6.07, 6.45) is 1.03. The molecule has 0 bridgehead atoms. The summed E-state index contributed by atoms with van der Waals surface area (Å²) < 4.78 is 4.86. The molecule has 90 valence electrons. The van der Waals surface area contributed by atoms with Gasteiger partial charge in [0, 0.05) is 6.08 Å². The molecule has 0 spiro atoms. The van der Waals surface area contributed by atoms with E-state index in [2.05, 4.69) is 6.58 Å². The minimum Gasteiger partial charge on any atom is -0.423 e. The largest absolute Gasteiger partial charge is 0.423 e. The van der Waals surface area contributed by atoms with Crippen LogP contribution in [0.5, 0.6) is 5.75 Å². The van der Waals surface area contributed by atoms with Crippen molar-refractivity contribution < 1.29 is 9.53 Å². The molecule has 1 rings (SSSR count). The van der Waals surface area contributed by atoms with Gasteiger partial charge in [0.05, 0.1) is 5.57 Å². The molecule has 0 aliphatic rings. The van der Waals surface area contributed by atoms with Crippen molar-refractivity contribution >= 4 is 11.5 Å². The van der Waals surface area contributed by atoms with Crippen LogP contribution in [-0.2, 0) is 4.79 Å². The van der Waals surface area contributed by atoms with Crippen molar-refractivity contribution in [3.63, 3.8) is 0 Å². The van der Waals surface area contributed by atoms with E-state index in [-0.39, 0.29) is 16.9 Å². The van der Waals surface area contributed by atoms with E-state index in [9.17, 15) is 4.79 Å². The number of allylic oxidation sites excluding steroid dienone is 2. The van der Waals surface area contributed by atoms with Gasteiger partial charge in [0.1, 0.15) is 29.5 Å². The summed E-state index contributed by atoms with van der Waals surface area (Å²) in [4.78, 5) is 11.0. The molecule has 0 aliphatic heterocycles. The van der Waals surface area contributed by atoms with Crippen molar-refractivity contribution in [3.05, 3.63) is 48.1 Å². The van der Waals surface area contributed by atoms with Crippen LogP contribution in [0, 0.1) is 34.0 Å². The molecule has 5 heteroatoms. The fourth-order valence-electron chi connectivity index (χ4n) is 1.25. The van der Waals surface area contributed by atoms with Crippen LogP contribution in [-0.4, -0.2) is 5.97 Å². The van der Waals surface area contributed by atoms with E-state index in [1.807, 2.05) is 0 Å². The molecular weight excluding hydrogens is 242 g/mol. The molecule has 0 aliphatic carbocycles. The molecule has 1 aromatic rings. The van der Waals surface area contributed by atoms with E-state index >= 15 is 0 Å². The number of benzene rings is 1. The lowest BCUT2D eigenvalue weighted by atomic mass is 10.0. The summed E-state index contributed by atoms with van der Waals surface area (Å²) in [5, 5.41) is 26.4. The summed E-state index contributed by atoms with van der Waals surface area (Å²) >= 11 is 0. The molecule has 0 aromatic heterocycles. The predicted molar refractivity (Wildman–Crippen MR) is 66.0 cm³/mol. The smallest absolute Gasteiger partial charge is 0.335 e. The summed E-state index contributed by atoms with van der Waals surface area (Å²) in [7, 11) is 0. The molecule has 0 heterocycles. The van der Waals surface area contributed by atoms with Crippen LogP contribution in [0.1, 0.15) is 5.56 Å². The minimum atomic E-state index is -0.599. The number of hydrogen-bond acceptors (Lipinski definition) is 5. The second-order valence-electron chi connectivity index (χ2n) is 3.24. The van der Waals surface area contributed by atoms with Gasteiger partial charge in [-0.25, -0.2) is 4.79 Å². The third kappa shape index (κ3) is 3.30. The first-order chi connectivity index (χ1) is 9.15. The zero-order valence-corrected chi connectivity index (χ0v) is 9.75. The number of ether oxygens (including phenoxy) is 1. The van der Waals surface area contributed by atoms with Gasteiger partial charge in [0.25, 0.3) is 0 Å². The Morgan fingerprint density at radius 1 is 1.11 bits per heavy atom. The van der Waals surface area contributed by atoms with Crippen molar-refractivity contribution in [2.45, 2.75) is 0 Å². The Kier molecular flexibility index (Phi) is 4.61. The topological polar surface area (TPSA) is 97.7 Å². The first kappa shape index (κ1) is 13.7. The second kappa shape index (κ2) is 6.39. The molecular formula is C14H7N3O2. The standard InChI is InChI=1S/C14H7N3O2/c1-2-14(18)19-12-5-3-10(4-6-12)13(9-17)11(7-15)8-16/h2-6H,1H2. The molecule has 0 saturated heterocycles. The first-order valence-corrected chi connectivity index (χ1v) is 5.05. The quantitative estimate of drug-likeness (QED) is 0.353. The first-order valence-electron chi connectivity index (χ1n) is 5.05. The zero-order chi connectivity index (χ0) is 14.3. The number of nitriles is 3. The van der Waals surface area contributed by atoms with Crippen LogP contribution in [0.2, 0.25) is 0 Å². The van der Waals surface area contributed by atoms with Gasteiger partial charge in [-0.3, -0.25) is 0 Å². The van der Waals surface area contributed by atoms with Crippen molar-refractivity contribution in [3.8, 4) is 24.0 Å². The number of esters is 1. The Bertz CT molecular complexity index is 649. The number of carbonyl (C=O) groups excluding carboxylic acids is 1. The lowest BCUT2D eigenvalue weighted by Crippen LogP contribution is -2.02. The Labute approximate surface area is 109 Å². The van der Waals surface area contributed by atoms with E-state index in [0.717, 1.165) is 6.08 Å². The number of carbonyl (C=O) groups is 1. The SMILES string of the molecule is C=CC(=O)Oc1ccc(C(C#N)=C(C#N)C#N)cc1. The Balaban J connectivity index is 3.13. The monoisotopic (exact) mass is 249 g/mol. The lowest BCUT2D eigenvalue weighted by Gasteiger charge is -2.03. The third-order valence-electron chi connectivity index (χ3n) is 2.11. The van der Waals surface area contributed by atoms with Crippen LogP contribution in [0.4, 0.5) is 0 Å².